The van der Waals surface area contributed by atoms with Crippen LogP contribution in [-0.4, -0.2) is 50.1 Å². The Kier molecular flexibility index (Phi) is 8.58. The summed E-state index contributed by atoms with van der Waals surface area (Å²) >= 11 is 0. The summed E-state index contributed by atoms with van der Waals surface area (Å²) in [7, 11) is 1.48. The number of anilines is 2. The van der Waals surface area contributed by atoms with E-state index in [1.165, 1.54) is 32.8 Å². The van der Waals surface area contributed by atoms with E-state index >= 15 is 0 Å². The number of rotatable bonds is 8. The second-order valence-corrected chi connectivity index (χ2v) is 6.92. The van der Waals surface area contributed by atoms with Gasteiger partial charge in [-0.15, -0.1) is 0 Å². The zero-order chi connectivity index (χ0) is 18.8. The molecule has 1 aliphatic heterocycles. The Balaban J connectivity index is 1.75. The number of nitrogens with one attached hydrogen (secondary N) is 2. The molecule has 0 unspecified atom stereocenters. The minimum atomic E-state index is -0.194. The number of carbonyl (C=O) groups is 2. The Morgan fingerprint density at radius 2 is 1.81 bits per heavy atom. The quantitative estimate of drug-likeness (QED) is 0.746. The average molecular weight is 361 g/mol. The lowest BCUT2D eigenvalue weighted by atomic mass is 10.1. The largest absolute Gasteiger partial charge is 0.375 e. The highest BCUT2D eigenvalue weighted by Crippen LogP contribution is 2.20. The van der Waals surface area contributed by atoms with Crippen molar-refractivity contribution in [2.45, 2.75) is 45.4 Å². The molecule has 0 radical (unpaired) electrons. The summed E-state index contributed by atoms with van der Waals surface area (Å²) in [6.07, 6.45) is 6.63. The number of ether oxygens (including phenoxy) is 1. The highest BCUT2D eigenvalue weighted by molar-refractivity contribution is 5.94. The van der Waals surface area contributed by atoms with Gasteiger partial charge in [0.25, 0.3) is 0 Å². The van der Waals surface area contributed by atoms with Crippen LogP contribution in [0.25, 0.3) is 0 Å². The summed E-state index contributed by atoms with van der Waals surface area (Å²) in [4.78, 5) is 26.2. The molecule has 6 nitrogen and oxygen atoms in total. The molecule has 0 bridgehead atoms. The van der Waals surface area contributed by atoms with Crippen molar-refractivity contribution in [1.29, 1.82) is 0 Å². The van der Waals surface area contributed by atoms with E-state index in [0.717, 1.165) is 43.0 Å². The summed E-state index contributed by atoms with van der Waals surface area (Å²) < 4.78 is 4.81. The molecule has 0 aliphatic carbocycles. The van der Waals surface area contributed by atoms with Crippen molar-refractivity contribution in [2.75, 3.05) is 44.0 Å². The molecule has 1 aromatic carbocycles. The summed E-state index contributed by atoms with van der Waals surface area (Å²) in [5, 5.41) is 5.73. The second-order valence-electron chi connectivity index (χ2n) is 6.92. The average Bonchev–Trinajstić information content (AvgIpc) is 2.86. The van der Waals surface area contributed by atoms with Crippen molar-refractivity contribution >= 4 is 23.2 Å². The summed E-state index contributed by atoms with van der Waals surface area (Å²) in [5.41, 5.74) is 2.38. The van der Waals surface area contributed by atoms with E-state index in [0.29, 0.717) is 6.42 Å². The normalized spacial score (nSPS) is 15.3. The number of amides is 2. The van der Waals surface area contributed by atoms with E-state index in [1.807, 2.05) is 19.1 Å². The van der Waals surface area contributed by atoms with Crippen molar-refractivity contribution in [2.24, 2.45) is 0 Å². The van der Waals surface area contributed by atoms with Crippen LogP contribution in [0.4, 0.5) is 11.4 Å². The van der Waals surface area contributed by atoms with Crippen LogP contribution in [0.1, 0.15) is 44.1 Å². The lowest BCUT2D eigenvalue weighted by Gasteiger charge is -2.19. The fourth-order valence-corrected chi connectivity index (χ4v) is 3.25. The van der Waals surface area contributed by atoms with Crippen LogP contribution < -0.4 is 10.6 Å². The van der Waals surface area contributed by atoms with Crippen molar-refractivity contribution in [3.05, 3.63) is 23.8 Å². The Hall–Kier alpha value is -1.92. The number of benzene rings is 1. The number of carbonyl (C=O) groups excluding carboxylic acids is 2. The van der Waals surface area contributed by atoms with Gasteiger partial charge in [0.1, 0.15) is 6.61 Å². The van der Waals surface area contributed by atoms with Crippen molar-refractivity contribution in [3.8, 4) is 0 Å². The maximum Gasteiger partial charge on any atom is 0.250 e. The fourth-order valence-electron chi connectivity index (χ4n) is 3.25. The molecule has 1 fully saturated rings. The van der Waals surface area contributed by atoms with E-state index < -0.39 is 0 Å². The van der Waals surface area contributed by atoms with Crippen LogP contribution in [0.2, 0.25) is 0 Å². The predicted molar refractivity (Wildman–Crippen MR) is 104 cm³/mol. The topological polar surface area (TPSA) is 70.7 Å². The van der Waals surface area contributed by atoms with Gasteiger partial charge in [0.15, 0.2) is 0 Å². The van der Waals surface area contributed by atoms with Crippen molar-refractivity contribution in [3.63, 3.8) is 0 Å². The first kappa shape index (κ1) is 20.4. The van der Waals surface area contributed by atoms with Crippen molar-refractivity contribution in [1.82, 2.24) is 4.90 Å². The number of aryl methyl sites for hydroxylation is 1. The van der Waals surface area contributed by atoms with Gasteiger partial charge in [-0.1, -0.05) is 12.8 Å². The molecule has 1 heterocycles. The molecular formula is C20H31N3O3. The van der Waals surface area contributed by atoms with Crippen LogP contribution in [0, 0.1) is 6.92 Å². The zero-order valence-electron chi connectivity index (χ0n) is 16.0. The molecule has 6 heteroatoms. The van der Waals surface area contributed by atoms with Gasteiger partial charge in [0, 0.05) is 24.9 Å². The minimum Gasteiger partial charge on any atom is -0.375 e. The van der Waals surface area contributed by atoms with Gasteiger partial charge >= 0.3 is 0 Å². The van der Waals surface area contributed by atoms with Gasteiger partial charge in [-0.2, -0.15) is 0 Å². The molecule has 0 saturated carbocycles. The first-order valence-corrected chi connectivity index (χ1v) is 9.50. The molecule has 1 aliphatic rings. The van der Waals surface area contributed by atoms with Crippen LogP contribution in [0.5, 0.6) is 0 Å². The Morgan fingerprint density at radius 3 is 2.46 bits per heavy atom. The SMILES string of the molecule is COCC(=O)Nc1ccc(NC(=O)CCCN2CCCCCC2)cc1C. The van der Waals surface area contributed by atoms with Crippen LogP contribution in [0.15, 0.2) is 18.2 Å². The molecule has 2 amide bonds. The van der Waals surface area contributed by atoms with E-state index in [1.54, 1.807) is 6.07 Å². The highest BCUT2D eigenvalue weighted by Gasteiger charge is 2.10. The maximum absolute atomic E-state index is 12.2. The van der Waals surface area contributed by atoms with E-state index in [2.05, 4.69) is 15.5 Å². The molecule has 144 valence electrons. The molecule has 0 atom stereocenters. The number of hydrogen-bond acceptors (Lipinski definition) is 4. The van der Waals surface area contributed by atoms with Crippen LogP contribution >= 0.6 is 0 Å². The third-order valence-electron chi connectivity index (χ3n) is 4.64. The van der Waals surface area contributed by atoms with Gasteiger partial charge in [-0.05, 0) is 69.6 Å². The summed E-state index contributed by atoms with van der Waals surface area (Å²) in [6.45, 7) is 5.25. The van der Waals surface area contributed by atoms with Gasteiger partial charge < -0.3 is 20.3 Å². The lowest BCUT2D eigenvalue weighted by Crippen LogP contribution is -2.26. The standard InChI is InChI=1S/C20H31N3O3/c1-16-14-17(9-10-18(16)22-20(25)15-26-2)21-19(24)8-7-13-23-11-5-3-4-6-12-23/h9-10,14H,3-8,11-13,15H2,1-2H3,(H,21,24)(H,22,25). The molecule has 0 aromatic heterocycles. The number of nitrogens with zero attached hydrogens (tertiary/aromatic N) is 1. The van der Waals surface area contributed by atoms with E-state index in [-0.39, 0.29) is 18.4 Å². The van der Waals surface area contributed by atoms with E-state index in [9.17, 15) is 9.59 Å². The Morgan fingerprint density at radius 1 is 1.08 bits per heavy atom. The molecule has 2 N–H and O–H groups in total. The minimum absolute atomic E-state index is 0.0228. The van der Waals surface area contributed by atoms with Gasteiger partial charge in [0.05, 0.1) is 0 Å². The molecule has 1 saturated heterocycles. The smallest absolute Gasteiger partial charge is 0.250 e. The predicted octanol–water partition coefficient (Wildman–Crippen LogP) is 3.17. The van der Waals surface area contributed by atoms with Gasteiger partial charge in [-0.3, -0.25) is 9.59 Å². The molecular weight excluding hydrogens is 330 g/mol. The first-order chi connectivity index (χ1) is 12.6. The summed E-state index contributed by atoms with van der Waals surface area (Å²) in [5.74, 6) is -0.156. The first-order valence-electron chi connectivity index (χ1n) is 9.50. The Labute approximate surface area is 156 Å². The van der Waals surface area contributed by atoms with Gasteiger partial charge in [0.2, 0.25) is 11.8 Å². The lowest BCUT2D eigenvalue weighted by molar-refractivity contribution is -0.119. The number of methoxy groups -OCH3 is 1. The second kappa shape index (κ2) is 10.9. The zero-order valence-corrected chi connectivity index (χ0v) is 16.0. The molecule has 2 rings (SSSR count). The summed E-state index contributed by atoms with van der Waals surface area (Å²) in [6, 6.07) is 5.48. The third-order valence-corrected chi connectivity index (χ3v) is 4.64. The van der Waals surface area contributed by atoms with Crippen LogP contribution in [0.3, 0.4) is 0 Å². The van der Waals surface area contributed by atoms with Gasteiger partial charge in [-0.25, -0.2) is 0 Å². The maximum atomic E-state index is 12.2. The Bertz CT molecular complexity index is 596. The number of hydrogen-bond donors (Lipinski definition) is 2. The fraction of sp³-hybridized carbons (Fsp3) is 0.600. The van der Waals surface area contributed by atoms with E-state index in [4.69, 9.17) is 4.74 Å². The monoisotopic (exact) mass is 361 g/mol. The molecule has 1 aromatic rings. The molecule has 0 spiro atoms. The highest BCUT2D eigenvalue weighted by atomic mass is 16.5. The molecule has 26 heavy (non-hydrogen) atoms. The van der Waals surface area contributed by atoms with Crippen molar-refractivity contribution < 1.29 is 14.3 Å². The number of likely N-dealkylation sites (tertiary alicyclic amines) is 1. The van der Waals surface area contributed by atoms with Crippen LogP contribution in [-0.2, 0) is 14.3 Å². The third kappa shape index (κ3) is 7.14.